The summed E-state index contributed by atoms with van der Waals surface area (Å²) >= 11 is 0. The van der Waals surface area contributed by atoms with Crippen molar-refractivity contribution in [2.24, 2.45) is 5.41 Å². The van der Waals surface area contributed by atoms with Crippen LogP contribution < -0.4 is 0 Å². The maximum Gasteiger partial charge on any atom is 0.135 e. The number of rotatable bonds is 5. The van der Waals surface area contributed by atoms with Crippen LogP contribution in [-0.4, -0.2) is 43.5 Å². The van der Waals surface area contributed by atoms with Crippen LogP contribution in [0.3, 0.4) is 0 Å². The topological polar surface area (TPSA) is 29.5 Å². The van der Waals surface area contributed by atoms with E-state index in [1.165, 1.54) is 0 Å². The zero-order valence-electron chi connectivity index (χ0n) is 10.2. The van der Waals surface area contributed by atoms with Gasteiger partial charge in [0.05, 0.1) is 13.2 Å². The lowest BCUT2D eigenvalue weighted by atomic mass is 9.84. The first kappa shape index (κ1) is 12.7. The van der Waals surface area contributed by atoms with Crippen LogP contribution in [0.2, 0.25) is 0 Å². The summed E-state index contributed by atoms with van der Waals surface area (Å²) in [5.41, 5.74) is -0.147. The fraction of sp³-hybridized carbons (Fsp3) is 0.917. The van der Waals surface area contributed by atoms with E-state index in [1.54, 1.807) is 6.92 Å². The Morgan fingerprint density at radius 1 is 1.33 bits per heavy atom. The Morgan fingerprint density at radius 3 is 2.47 bits per heavy atom. The molecular weight excluding hydrogens is 190 g/mol. The Labute approximate surface area is 92.8 Å². The molecule has 1 heterocycles. The van der Waals surface area contributed by atoms with Gasteiger partial charge in [-0.15, -0.1) is 0 Å². The molecule has 0 radical (unpaired) electrons. The molecule has 0 N–H and O–H groups in total. The number of carbonyl (C=O) groups is 1. The van der Waals surface area contributed by atoms with E-state index in [0.29, 0.717) is 5.78 Å². The van der Waals surface area contributed by atoms with E-state index in [-0.39, 0.29) is 5.41 Å². The average Bonchev–Trinajstić information content (AvgIpc) is 2.19. The average molecular weight is 213 g/mol. The number of ketones is 1. The molecule has 0 aromatic rings. The normalized spacial score (nSPS) is 19.1. The minimum Gasteiger partial charge on any atom is -0.379 e. The molecule has 0 saturated carbocycles. The summed E-state index contributed by atoms with van der Waals surface area (Å²) < 4.78 is 5.29. The maximum absolute atomic E-state index is 11.3. The van der Waals surface area contributed by atoms with Gasteiger partial charge in [-0.05, 0) is 26.3 Å². The minimum absolute atomic E-state index is 0.147. The highest BCUT2D eigenvalue weighted by Crippen LogP contribution is 2.23. The van der Waals surface area contributed by atoms with Gasteiger partial charge in [-0.25, -0.2) is 0 Å². The highest BCUT2D eigenvalue weighted by Gasteiger charge is 2.23. The highest BCUT2D eigenvalue weighted by atomic mass is 16.5. The monoisotopic (exact) mass is 213 g/mol. The number of nitrogens with zero attached hydrogens (tertiary/aromatic N) is 1. The summed E-state index contributed by atoms with van der Waals surface area (Å²) in [6, 6.07) is 0. The third-order valence-corrected chi connectivity index (χ3v) is 3.33. The van der Waals surface area contributed by atoms with Gasteiger partial charge < -0.3 is 4.74 Å². The maximum atomic E-state index is 11.3. The van der Waals surface area contributed by atoms with Gasteiger partial charge in [0.15, 0.2) is 0 Å². The van der Waals surface area contributed by atoms with Crippen LogP contribution in [0.5, 0.6) is 0 Å². The highest BCUT2D eigenvalue weighted by molar-refractivity contribution is 5.81. The number of hydrogen-bond acceptors (Lipinski definition) is 3. The molecule has 15 heavy (non-hydrogen) atoms. The summed E-state index contributed by atoms with van der Waals surface area (Å²) in [4.78, 5) is 13.7. The van der Waals surface area contributed by atoms with E-state index in [4.69, 9.17) is 4.74 Å². The van der Waals surface area contributed by atoms with Crippen molar-refractivity contribution in [3.63, 3.8) is 0 Å². The summed E-state index contributed by atoms with van der Waals surface area (Å²) in [6.45, 7) is 10.7. The lowest BCUT2D eigenvalue weighted by Crippen LogP contribution is -2.37. The number of ether oxygens (including phenoxy) is 1. The molecule has 1 fully saturated rings. The summed E-state index contributed by atoms with van der Waals surface area (Å²) in [5.74, 6) is 0.296. The third kappa shape index (κ3) is 4.31. The smallest absolute Gasteiger partial charge is 0.135 e. The molecule has 0 spiro atoms. The molecule has 0 aromatic carbocycles. The number of carbonyl (C=O) groups excluding carboxylic acids is 1. The molecule has 0 bridgehead atoms. The molecule has 0 aromatic heterocycles. The van der Waals surface area contributed by atoms with E-state index in [9.17, 15) is 4.79 Å². The van der Waals surface area contributed by atoms with Gasteiger partial charge in [0.25, 0.3) is 0 Å². The molecule has 1 saturated heterocycles. The number of morpholine rings is 1. The second kappa shape index (κ2) is 5.61. The van der Waals surface area contributed by atoms with Crippen molar-refractivity contribution >= 4 is 5.78 Å². The van der Waals surface area contributed by atoms with Crippen molar-refractivity contribution in [2.45, 2.75) is 33.6 Å². The van der Waals surface area contributed by atoms with Gasteiger partial charge in [0.1, 0.15) is 5.78 Å². The Balaban J connectivity index is 2.17. The Hall–Kier alpha value is -0.410. The van der Waals surface area contributed by atoms with Gasteiger partial charge in [0, 0.05) is 18.5 Å². The number of hydrogen-bond donors (Lipinski definition) is 0. The fourth-order valence-corrected chi connectivity index (χ4v) is 1.75. The standard InChI is InChI=1S/C12H23NO2/c1-11(14)12(2,3)5-4-6-13-7-9-15-10-8-13/h4-10H2,1-3H3. The predicted molar refractivity (Wildman–Crippen MR) is 61.0 cm³/mol. The van der Waals surface area contributed by atoms with Gasteiger partial charge in [0.2, 0.25) is 0 Å². The zero-order chi connectivity index (χ0) is 11.3. The van der Waals surface area contributed by atoms with Crippen LogP contribution in [0, 0.1) is 5.41 Å². The Kier molecular flexibility index (Phi) is 4.74. The molecule has 0 unspecified atom stereocenters. The largest absolute Gasteiger partial charge is 0.379 e. The molecule has 0 aliphatic carbocycles. The molecule has 3 nitrogen and oxygen atoms in total. The van der Waals surface area contributed by atoms with Crippen LogP contribution in [0.1, 0.15) is 33.6 Å². The van der Waals surface area contributed by atoms with Gasteiger partial charge in [-0.1, -0.05) is 13.8 Å². The molecule has 3 heteroatoms. The quantitative estimate of drug-likeness (QED) is 0.696. The SMILES string of the molecule is CC(=O)C(C)(C)CCCN1CCOCC1. The minimum atomic E-state index is -0.147. The van der Waals surface area contributed by atoms with E-state index in [2.05, 4.69) is 4.90 Å². The van der Waals surface area contributed by atoms with E-state index >= 15 is 0 Å². The van der Waals surface area contributed by atoms with Crippen molar-refractivity contribution < 1.29 is 9.53 Å². The first-order chi connectivity index (χ1) is 7.02. The number of Topliss-reactive ketones (excluding diaryl/α,β-unsaturated/α-hetero) is 1. The van der Waals surface area contributed by atoms with Gasteiger partial charge in [-0.2, -0.15) is 0 Å². The van der Waals surface area contributed by atoms with E-state index < -0.39 is 0 Å². The molecule has 1 aliphatic heterocycles. The first-order valence-electron chi connectivity index (χ1n) is 5.83. The van der Waals surface area contributed by atoms with Crippen LogP contribution in [0.15, 0.2) is 0 Å². The third-order valence-electron chi connectivity index (χ3n) is 3.33. The Morgan fingerprint density at radius 2 is 1.93 bits per heavy atom. The molecule has 0 atom stereocenters. The molecule has 88 valence electrons. The zero-order valence-corrected chi connectivity index (χ0v) is 10.2. The lowest BCUT2D eigenvalue weighted by molar-refractivity contribution is -0.125. The van der Waals surface area contributed by atoms with Crippen LogP contribution >= 0.6 is 0 Å². The van der Waals surface area contributed by atoms with Crippen LogP contribution in [0.25, 0.3) is 0 Å². The summed E-state index contributed by atoms with van der Waals surface area (Å²) in [5, 5.41) is 0. The van der Waals surface area contributed by atoms with Gasteiger partial charge in [-0.3, -0.25) is 9.69 Å². The van der Waals surface area contributed by atoms with Gasteiger partial charge >= 0.3 is 0 Å². The first-order valence-corrected chi connectivity index (χ1v) is 5.83. The van der Waals surface area contributed by atoms with Crippen molar-refractivity contribution in [1.82, 2.24) is 4.90 Å². The van der Waals surface area contributed by atoms with Crippen molar-refractivity contribution in [1.29, 1.82) is 0 Å². The van der Waals surface area contributed by atoms with Crippen molar-refractivity contribution in [3.8, 4) is 0 Å². The van der Waals surface area contributed by atoms with E-state index in [1.807, 2.05) is 13.8 Å². The van der Waals surface area contributed by atoms with E-state index in [0.717, 1.165) is 45.7 Å². The van der Waals surface area contributed by atoms with Crippen molar-refractivity contribution in [3.05, 3.63) is 0 Å². The summed E-state index contributed by atoms with van der Waals surface area (Å²) in [7, 11) is 0. The predicted octanol–water partition coefficient (Wildman–Crippen LogP) is 1.71. The summed E-state index contributed by atoms with van der Waals surface area (Å²) in [6.07, 6.45) is 2.09. The molecule has 1 rings (SSSR count). The second-order valence-corrected chi connectivity index (χ2v) is 5.00. The van der Waals surface area contributed by atoms with Crippen LogP contribution in [-0.2, 0) is 9.53 Å². The van der Waals surface area contributed by atoms with Crippen LogP contribution in [0.4, 0.5) is 0 Å². The fourth-order valence-electron chi connectivity index (χ4n) is 1.75. The molecule has 1 aliphatic rings. The molecular formula is C12H23NO2. The molecule has 0 amide bonds. The second-order valence-electron chi connectivity index (χ2n) is 5.00. The van der Waals surface area contributed by atoms with Crippen molar-refractivity contribution in [2.75, 3.05) is 32.8 Å². The lowest BCUT2D eigenvalue weighted by Gasteiger charge is -2.28. The Bertz CT molecular complexity index is 208.